The van der Waals surface area contributed by atoms with Crippen molar-refractivity contribution in [2.45, 2.75) is 0 Å². The Morgan fingerprint density at radius 3 is 2.58 bits per heavy atom. The molecular weight excluding hydrogens is 266 g/mol. The van der Waals surface area contributed by atoms with Crippen LogP contribution >= 0.6 is 11.6 Å². The van der Waals surface area contributed by atoms with Gasteiger partial charge in [0.25, 0.3) is 0 Å². The summed E-state index contributed by atoms with van der Waals surface area (Å²) in [5.74, 6) is 0.184. The molecule has 0 amide bonds. The second-order valence-electron chi connectivity index (χ2n) is 3.68. The highest BCUT2D eigenvalue weighted by Gasteiger charge is 1.99. The Morgan fingerprint density at radius 1 is 1.21 bits per heavy atom. The highest BCUT2D eigenvalue weighted by atomic mass is 35.5. The fraction of sp³-hybridized carbons (Fsp3) is 0. The van der Waals surface area contributed by atoms with Crippen molar-refractivity contribution in [3.63, 3.8) is 0 Å². The van der Waals surface area contributed by atoms with Gasteiger partial charge in [-0.05, 0) is 23.8 Å². The van der Waals surface area contributed by atoms with Gasteiger partial charge in [-0.2, -0.15) is 0 Å². The minimum Gasteiger partial charge on any atom is -0.478 e. The number of halogens is 1. The molecule has 0 saturated heterocycles. The first-order valence-corrected chi connectivity index (χ1v) is 5.81. The standard InChI is InChI=1S/C14H10ClNO3/c15-11-7-13(9-16-8-11)19-12-4-1-10(2-5-12)3-6-14(17)18/h1-9H,(H,17,18). The van der Waals surface area contributed by atoms with Crippen LogP contribution in [0.1, 0.15) is 5.56 Å². The molecule has 0 unspecified atom stereocenters. The number of aromatic nitrogens is 1. The zero-order valence-corrected chi connectivity index (χ0v) is 10.5. The van der Waals surface area contributed by atoms with E-state index in [2.05, 4.69) is 4.98 Å². The number of pyridine rings is 1. The molecule has 0 aliphatic carbocycles. The number of hydrogen-bond acceptors (Lipinski definition) is 3. The molecule has 4 nitrogen and oxygen atoms in total. The molecular formula is C14H10ClNO3. The van der Waals surface area contributed by atoms with Crippen molar-refractivity contribution in [3.8, 4) is 11.5 Å². The molecule has 0 spiro atoms. The molecule has 0 saturated carbocycles. The van der Waals surface area contributed by atoms with E-state index in [0.717, 1.165) is 11.6 Å². The molecule has 2 rings (SSSR count). The highest BCUT2D eigenvalue weighted by Crippen LogP contribution is 2.23. The Labute approximate surface area is 114 Å². The number of ether oxygens (including phenoxy) is 1. The third kappa shape index (κ3) is 4.12. The van der Waals surface area contributed by atoms with Gasteiger partial charge in [0.2, 0.25) is 0 Å². The fourth-order valence-electron chi connectivity index (χ4n) is 1.40. The van der Waals surface area contributed by atoms with Crippen LogP contribution in [-0.2, 0) is 4.79 Å². The molecule has 0 bridgehead atoms. The second kappa shape index (κ2) is 6.02. The first-order chi connectivity index (χ1) is 9.13. The zero-order chi connectivity index (χ0) is 13.7. The Hall–Kier alpha value is -2.33. The van der Waals surface area contributed by atoms with Crippen molar-refractivity contribution in [1.82, 2.24) is 4.98 Å². The van der Waals surface area contributed by atoms with Crippen LogP contribution in [0.25, 0.3) is 6.08 Å². The Kier molecular flexibility index (Phi) is 4.15. The number of carbonyl (C=O) groups is 1. The van der Waals surface area contributed by atoms with Gasteiger partial charge in [-0.3, -0.25) is 4.98 Å². The lowest BCUT2D eigenvalue weighted by atomic mass is 10.2. The predicted molar refractivity (Wildman–Crippen MR) is 72.4 cm³/mol. The molecule has 0 fully saturated rings. The van der Waals surface area contributed by atoms with E-state index in [4.69, 9.17) is 21.4 Å². The van der Waals surface area contributed by atoms with Crippen molar-refractivity contribution in [1.29, 1.82) is 0 Å². The van der Waals surface area contributed by atoms with Crippen molar-refractivity contribution in [3.05, 3.63) is 59.4 Å². The van der Waals surface area contributed by atoms with Crippen molar-refractivity contribution in [2.24, 2.45) is 0 Å². The Bertz CT molecular complexity index is 608. The number of carboxylic acids is 1. The Morgan fingerprint density at radius 2 is 1.95 bits per heavy atom. The molecule has 1 aromatic carbocycles. The highest BCUT2D eigenvalue weighted by molar-refractivity contribution is 6.30. The zero-order valence-electron chi connectivity index (χ0n) is 9.79. The van der Waals surface area contributed by atoms with Gasteiger partial charge in [-0.25, -0.2) is 4.79 Å². The van der Waals surface area contributed by atoms with Crippen LogP contribution in [0.2, 0.25) is 5.02 Å². The summed E-state index contributed by atoms with van der Waals surface area (Å²) >= 11 is 5.80. The maximum absolute atomic E-state index is 10.4. The van der Waals surface area contributed by atoms with Crippen LogP contribution in [0, 0.1) is 0 Å². The molecule has 1 N–H and O–H groups in total. The maximum atomic E-state index is 10.4. The lowest BCUT2D eigenvalue weighted by Gasteiger charge is -2.05. The monoisotopic (exact) mass is 275 g/mol. The lowest BCUT2D eigenvalue weighted by molar-refractivity contribution is -0.131. The number of hydrogen-bond donors (Lipinski definition) is 1. The van der Waals surface area contributed by atoms with E-state index in [1.807, 2.05) is 0 Å². The van der Waals surface area contributed by atoms with Gasteiger partial charge in [-0.1, -0.05) is 23.7 Å². The lowest BCUT2D eigenvalue weighted by Crippen LogP contribution is -1.87. The van der Waals surface area contributed by atoms with Crippen molar-refractivity contribution < 1.29 is 14.6 Å². The average molecular weight is 276 g/mol. The van der Waals surface area contributed by atoms with Crippen molar-refractivity contribution in [2.75, 3.05) is 0 Å². The maximum Gasteiger partial charge on any atom is 0.328 e. The van der Waals surface area contributed by atoms with Gasteiger partial charge < -0.3 is 9.84 Å². The molecule has 0 aliphatic rings. The summed E-state index contributed by atoms with van der Waals surface area (Å²) in [6, 6.07) is 8.65. The number of aliphatic carboxylic acids is 1. The molecule has 19 heavy (non-hydrogen) atoms. The van der Waals surface area contributed by atoms with Gasteiger partial charge in [0, 0.05) is 18.3 Å². The molecule has 5 heteroatoms. The Balaban J connectivity index is 2.08. The summed E-state index contributed by atoms with van der Waals surface area (Å²) in [6.45, 7) is 0. The van der Waals surface area contributed by atoms with E-state index < -0.39 is 5.97 Å². The van der Waals surface area contributed by atoms with Gasteiger partial charge in [-0.15, -0.1) is 0 Å². The van der Waals surface area contributed by atoms with E-state index in [1.165, 1.54) is 12.3 Å². The van der Waals surface area contributed by atoms with E-state index in [0.29, 0.717) is 16.5 Å². The largest absolute Gasteiger partial charge is 0.478 e. The van der Waals surface area contributed by atoms with Crippen LogP contribution < -0.4 is 4.74 Å². The van der Waals surface area contributed by atoms with Gasteiger partial charge >= 0.3 is 5.97 Å². The number of carboxylic acid groups (broad SMARTS) is 1. The summed E-state index contributed by atoms with van der Waals surface area (Å²) in [5.41, 5.74) is 0.777. The van der Waals surface area contributed by atoms with Gasteiger partial charge in [0.15, 0.2) is 0 Å². The van der Waals surface area contributed by atoms with Crippen LogP contribution in [0.3, 0.4) is 0 Å². The molecule has 96 valence electrons. The van der Waals surface area contributed by atoms with Gasteiger partial charge in [0.1, 0.15) is 11.5 Å². The van der Waals surface area contributed by atoms with E-state index >= 15 is 0 Å². The summed E-state index contributed by atoms with van der Waals surface area (Å²) in [5, 5.41) is 9.02. The van der Waals surface area contributed by atoms with Crippen molar-refractivity contribution >= 4 is 23.6 Å². The molecule has 0 radical (unpaired) electrons. The van der Waals surface area contributed by atoms with E-state index in [9.17, 15) is 4.79 Å². The quantitative estimate of drug-likeness (QED) is 0.866. The predicted octanol–water partition coefficient (Wildman–Crippen LogP) is 3.63. The molecule has 0 aliphatic heterocycles. The molecule has 2 aromatic rings. The summed E-state index contributed by atoms with van der Waals surface area (Å²) in [7, 11) is 0. The van der Waals surface area contributed by atoms with Gasteiger partial charge in [0.05, 0.1) is 11.2 Å². The fourth-order valence-corrected chi connectivity index (χ4v) is 1.56. The summed E-state index contributed by atoms with van der Waals surface area (Å²) in [6.07, 6.45) is 5.67. The first-order valence-electron chi connectivity index (χ1n) is 5.43. The third-order valence-corrected chi connectivity index (χ3v) is 2.42. The molecule has 0 atom stereocenters. The van der Waals surface area contributed by atoms with Crippen LogP contribution in [-0.4, -0.2) is 16.1 Å². The van der Waals surface area contributed by atoms with E-state index in [1.54, 1.807) is 36.5 Å². The number of rotatable bonds is 4. The van der Waals surface area contributed by atoms with Crippen LogP contribution in [0.15, 0.2) is 48.8 Å². The summed E-state index contributed by atoms with van der Waals surface area (Å²) < 4.78 is 5.55. The average Bonchev–Trinajstić information content (AvgIpc) is 2.38. The SMILES string of the molecule is O=C(O)C=Cc1ccc(Oc2cncc(Cl)c2)cc1. The number of benzene rings is 1. The normalized spacial score (nSPS) is 10.6. The van der Waals surface area contributed by atoms with Crippen LogP contribution in [0.5, 0.6) is 11.5 Å². The topological polar surface area (TPSA) is 59.4 Å². The molecule has 1 aromatic heterocycles. The minimum atomic E-state index is -0.981. The molecule has 1 heterocycles. The first kappa shape index (κ1) is 13.1. The third-order valence-electron chi connectivity index (χ3n) is 2.21. The second-order valence-corrected chi connectivity index (χ2v) is 4.12. The van der Waals surface area contributed by atoms with Crippen LogP contribution in [0.4, 0.5) is 0 Å². The van der Waals surface area contributed by atoms with E-state index in [-0.39, 0.29) is 0 Å². The minimum absolute atomic E-state index is 0.499. The number of nitrogens with zero attached hydrogens (tertiary/aromatic N) is 1. The smallest absolute Gasteiger partial charge is 0.328 e. The summed E-state index contributed by atoms with van der Waals surface area (Å²) in [4.78, 5) is 14.3.